The lowest BCUT2D eigenvalue weighted by molar-refractivity contribution is 0.0954. The van der Waals surface area contributed by atoms with Gasteiger partial charge < -0.3 is 21.1 Å². The largest absolute Gasteiger partial charge is 0.382 e. The third-order valence-electron chi connectivity index (χ3n) is 2.76. The molecule has 0 spiro atoms. The number of hydrogen-bond donors (Lipinski definition) is 3. The van der Waals surface area contributed by atoms with E-state index in [1.54, 1.807) is 24.3 Å². The van der Waals surface area contributed by atoms with E-state index in [9.17, 15) is 4.79 Å². The Labute approximate surface area is 159 Å². The number of ether oxygens (including phenoxy) is 1. The van der Waals surface area contributed by atoms with E-state index in [1.807, 2.05) is 6.92 Å². The number of rotatable bonds is 9. The summed E-state index contributed by atoms with van der Waals surface area (Å²) in [4.78, 5) is 16.0. The number of aliphatic imine (C=N–C) groups is 1. The van der Waals surface area contributed by atoms with Gasteiger partial charge in [-0.05, 0) is 37.6 Å². The maximum Gasteiger partial charge on any atom is 0.251 e. The Bertz CT molecular complexity index is 483. The van der Waals surface area contributed by atoms with Gasteiger partial charge in [-0.25, -0.2) is 0 Å². The number of benzene rings is 1. The zero-order valence-corrected chi connectivity index (χ0v) is 16.3. The Morgan fingerprint density at radius 1 is 1.26 bits per heavy atom. The van der Waals surface area contributed by atoms with Crippen molar-refractivity contribution in [2.24, 2.45) is 10.7 Å². The van der Waals surface area contributed by atoms with Gasteiger partial charge in [0, 0.05) is 43.4 Å². The molecule has 0 aliphatic rings. The number of hydrogen-bond acceptors (Lipinski definition) is 3. The molecule has 0 bridgehead atoms. The molecule has 130 valence electrons. The summed E-state index contributed by atoms with van der Waals surface area (Å²) in [6.07, 6.45) is 0.837. The number of carbonyl (C=O) groups is 1. The van der Waals surface area contributed by atoms with Gasteiger partial charge in [0.25, 0.3) is 5.91 Å². The molecule has 1 rings (SSSR count). The number of amides is 1. The van der Waals surface area contributed by atoms with Gasteiger partial charge in [-0.3, -0.25) is 9.79 Å². The van der Waals surface area contributed by atoms with E-state index in [-0.39, 0.29) is 29.9 Å². The van der Waals surface area contributed by atoms with Crippen LogP contribution >= 0.6 is 35.6 Å². The molecule has 0 fully saturated rings. The van der Waals surface area contributed by atoms with E-state index in [0.717, 1.165) is 6.42 Å². The highest BCUT2D eigenvalue weighted by atomic mass is 127. The van der Waals surface area contributed by atoms with Crippen molar-refractivity contribution in [2.45, 2.75) is 13.3 Å². The first kappa shape index (κ1) is 21.9. The molecular weight excluding hydrogens is 431 g/mol. The fourth-order valence-corrected chi connectivity index (χ4v) is 1.76. The van der Waals surface area contributed by atoms with Crippen LogP contribution in [0, 0.1) is 0 Å². The number of halogens is 2. The van der Waals surface area contributed by atoms with Crippen molar-refractivity contribution in [2.75, 3.05) is 32.8 Å². The van der Waals surface area contributed by atoms with Crippen LogP contribution in [0.2, 0.25) is 5.02 Å². The molecule has 1 aromatic rings. The molecule has 0 atom stereocenters. The molecule has 0 radical (unpaired) electrons. The maximum atomic E-state index is 11.8. The molecule has 0 aromatic heterocycles. The summed E-state index contributed by atoms with van der Waals surface area (Å²) in [7, 11) is 0. The average molecular weight is 455 g/mol. The molecule has 0 heterocycles. The second-order valence-corrected chi connectivity index (χ2v) is 4.94. The number of nitrogens with one attached hydrogen (secondary N) is 2. The molecule has 23 heavy (non-hydrogen) atoms. The molecule has 0 saturated carbocycles. The fraction of sp³-hybridized carbons (Fsp3) is 0.467. The summed E-state index contributed by atoms with van der Waals surface area (Å²) >= 11 is 5.77. The highest BCUT2D eigenvalue weighted by molar-refractivity contribution is 14.0. The second kappa shape index (κ2) is 13.4. The van der Waals surface area contributed by atoms with Crippen LogP contribution in [0.5, 0.6) is 0 Å². The van der Waals surface area contributed by atoms with E-state index < -0.39 is 0 Å². The Hall–Kier alpha value is -1.06. The molecule has 1 amide bonds. The molecule has 4 N–H and O–H groups in total. The van der Waals surface area contributed by atoms with Gasteiger partial charge in [0.1, 0.15) is 0 Å². The summed E-state index contributed by atoms with van der Waals surface area (Å²) in [5.74, 6) is 0.225. The lowest BCUT2D eigenvalue weighted by Gasteiger charge is -2.07. The van der Waals surface area contributed by atoms with Crippen molar-refractivity contribution in [3.8, 4) is 0 Å². The maximum absolute atomic E-state index is 11.8. The van der Waals surface area contributed by atoms with Gasteiger partial charge in [0.15, 0.2) is 5.96 Å². The molecule has 0 unspecified atom stereocenters. The van der Waals surface area contributed by atoms with Crippen LogP contribution in [0.3, 0.4) is 0 Å². The third-order valence-corrected chi connectivity index (χ3v) is 3.01. The quantitative estimate of drug-likeness (QED) is 0.230. The van der Waals surface area contributed by atoms with E-state index >= 15 is 0 Å². The summed E-state index contributed by atoms with van der Waals surface area (Å²) < 4.78 is 5.20. The molecule has 0 saturated heterocycles. The van der Waals surface area contributed by atoms with Crippen LogP contribution in [0.25, 0.3) is 0 Å². The van der Waals surface area contributed by atoms with E-state index in [4.69, 9.17) is 22.1 Å². The van der Waals surface area contributed by atoms with Gasteiger partial charge in [-0.15, -0.1) is 24.0 Å². The Kier molecular flexibility index (Phi) is 12.8. The number of guanidine groups is 1. The topological polar surface area (TPSA) is 88.7 Å². The minimum absolute atomic E-state index is 0. The highest BCUT2D eigenvalue weighted by Gasteiger charge is 2.03. The second-order valence-electron chi connectivity index (χ2n) is 4.51. The van der Waals surface area contributed by atoms with E-state index in [0.29, 0.717) is 49.4 Å². The van der Waals surface area contributed by atoms with Gasteiger partial charge in [0.2, 0.25) is 0 Å². The monoisotopic (exact) mass is 454 g/mol. The summed E-state index contributed by atoms with van der Waals surface area (Å²) in [6, 6.07) is 6.72. The molecule has 6 nitrogen and oxygen atoms in total. The van der Waals surface area contributed by atoms with Crippen LogP contribution < -0.4 is 16.4 Å². The van der Waals surface area contributed by atoms with Crippen LogP contribution in [0.1, 0.15) is 23.7 Å². The van der Waals surface area contributed by atoms with Crippen molar-refractivity contribution in [3.63, 3.8) is 0 Å². The first-order chi connectivity index (χ1) is 10.6. The van der Waals surface area contributed by atoms with Gasteiger partial charge in [-0.2, -0.15) is 0 Å². The van der Waals surface area contributed by atoms with E-state index in [2.05, 4.69) is 15.6 Å². The van der Waals surface area contributed by atoms with Crippen molar-refractivity contribution >= 4 is 47.4 Å². The first-order valence-electron chi connectivity index (χ1n) is 7.28. The van der Waals surface area contributed by atoms with Crippen LogP contribution in [0.4, 0.5) is 0 Å². The van der Waals surface area contributed by atoms with Crippen LogP contribution in [-0.2, 0) is 4.74 Å². The number of nitrogens with zero attached hydrogens (tertiary/aromatic N) is 1. The lowest BCUT2D eigenvalue weighted by Crippen LogP contribution is -2.38. The Morgan fingerprint density at radius 3 is 2.57 bits per heavy atom. The molecule has 0 aliphatic heterocycles. The molecule has 0 aliphatic carbocycles. The molecular formula is C15H24ClIN4O2. The minimum Gasteiger partial charge on any atom is -0.382 e. The normalized spacial score (nSPS) is 10.8. The zero-order chi connectivity index (χ0) is 16.2. The van der Waals surface area contributed by atoms with E-state index in [1.165, 1.54) is 0 Å². The number of carbonyl (C=O) groups excluding carboxylic acids is 1. The lowest BCUT2D eigenvalue weighted by atomic mass is 10.2. The Balaban J connectivity index is 0.00000484. The molecule has 1 aromatic carbocycles. The van der Waals surface area contributed by atoms with Crippen molar-refractivity contribution < 1.29 is 9.53 Å². The van der Waals surface area contributed by atoms with Crippen LogP contribution in [-0.4, -0.2) is 44.7 Å². The van der Waals surface area contributed by atoms with Gasteiger partial charge >= 0.3 is 0 Å². The summed E-state index contributed by atoms with van der Waals surface area (Å²) in [5, 5.41) is 6.33. The predicted molar refractivity (Wildman–Crippen MR) is 105 cm³/mol. The minimum atomic E-state index is -0.148. The Morgan fingerprint density at radius 2 is 1.91 bits per heavy atom. The zero-order valence-electron chi connectivity index (χ0n) is 13.2. The smallest absolute Gasteiger partial charge is 0.251 e. The SMILES string of the molecule is CCOCCCN=C(N)NCCNC(=O)c1ccc(Cl)cc1.I. The van der Waals surface area contributed by atoms with Gasteiger partial charge in [-0.1, -0.05) is 11.6 Å². The van der Waals surface area contributed by atoms with Gasteiger partial charge in [0.05, 0.1) is 0 Å². The van der Waals surface area contributed by atoms with Crippen molar-refractivity contribution in [1.29, 1.82) is 0 Å². The first-order valence-corrected chi connectivity index (χ1v) is 7.66. The highest BCUT2D eigenvalue weighted by Crippen LogP contribution is 2.08. The van der Waals surface area contributed by atoms with Crippen molar-refractivity contribution in [1.82, 2.24) is 10.6 Å². The third kappa shape index (κ3) is 10.4. The average Bonchev–Trinajstić information content (AvgIpc) is 2.52. The molecule has 8 heteroatoms. The summed E-state index contributed by atoms with van der Waals surface area (Å²) in [6.45, 7) is 4.94. The number of nitrogens with two attached hydrogens (primary N) is 1. The fourth-order valence-electron chi connectivity index (χ4n) is 1.64. The van der Waals surface area contributed by atoms with Crippen LogP contribution in [0.15, 0.2) is 29.3 Å². The van der Waals surface area contributed by atoms with Crippen molar-refractivity contribution in [3.05, 3.63) is 34.9 Å². The predicted octanol–water partition coefficient (Wildman–Crippen LogP) is 2.02. The standard InChI is InChI=1S/C15H23ClN4O2.HI/c1-2-22-11-3-8-19-15(17)20-10-9-18-14(21)12-4-6-13(16)7-5-12;/h4-7H,2-3,8-11H2,1H3,(H,18,21)(H3,17,19,20);1H. The summed E-state index contributed by atoms with van der Waals surface area (Å²) in [5.41, 5.74) is 6.28.